The van der Waals surface area contributed by atoms with Gasteiger partial charge in [-0.2, -0.15) is 0 Å². The number of methoxy groups -OCH3 is 1. The monoisotopic (exact) mass is 474 g/mol. The van der Waals surface area contributed by atoms with E-state index >= 15 is 0 Å². The van der Waals surface area contributed by atoms with Crippen molar-refractivity contribution in [2.75, 3.05) is 51.5 Å². The molecule has 5 rings (SSSR count). The van der Waals surface area contributed by atoms with Gasteiger partial charge in [-0.25, -0.2) is 9.97 Å². The quantitative estimate of drug-likeness (QED) is 0.521. The van der Waals surface area contributed by atoms with E-state index in [0.717, 1.165) is 47.3 Å². The molecule has 1 saturated heterocycles. The Hall–Kier alpha value is -3.65. The molecule has 1 amide bonds. The lowest BCUT2D eigenvalue weighted by molar-refractivity contribution is -0.134. The van der Waals surface area contributed by atoms with E-state index in [1.54, 1.807) is 7.11 Å². The van der Waals surface area contributed by atoms with Crippen LogP contribution in [0.25, 0.3) is 0 Å². The molecule has 0 bridgehead atoms. The third-order valence-electron chi connectivity index (χ3n) is 6.37. The maximum atomic E-state index is 12.9. The lowest BCUT2D eigenvalue weighted by atomic mass is 10.0. The number of fused-ring (bicyclic) bond motifs is 1. The maximum Gasteiger partial charge on any atom is 0.260 e. The van der Waals surface area contributed by atoms with E-state index in [9.17, 15) is 4.79 Å². The van der Waals surface area contributed by atoms with Crippen LogP contribution in [0.4, 0.5) is 5.82 Å². The summed E-state index contributed by atoms with van der Waals surface area (Å²) in [5, 5.41) is 0. The molecule has 1 aromatic heterocycles. The van der Waals surface area contributed by atoms with Gasteiger partial charge in [0, 0.05) is 38.0 Å². The lowest BCUT2D eigenvalue weighted by Gasteiger charge is -2.34. The van der Waals surface area contributed by atoms with Gasteiger partial charge in [0.05, 0.1) is 32.6 Å². The predicted molar refractivity (Wildman–Crippen MR) is 132 cm³/mol. The number of hydrogen-bond donors (Lipinski definition) is 0. The molecule has 2 aliphatic rings. The molecule has 0 radical (unpaired) electrons. The molecular weight excluding hydrogens is 444 g/mol. The fourth-order valence-corrected chi connectivity index (χ4v) is 4.45. The molecule has 0 aliphatic carbocycles. The van der Waals surface area contributed by atoms with Crippen molar-refractivity contribution in [2.45, 2.75) is 19.4 Å². The van der Waals surface area contributed by atoms with E-state index in [1.807, 2.05) is 59.5 Å². The molecule has 1 fully saturated rings. The number of para-hydroxylation sites is 1. The van der Waals surface area contributed by atoms with E-state index in [0.29, 0.717) is 44.9 Å². The van der Waals surface area contributed by atoms with Gasteiger partial charge in [-0.1, -0.05) is 30.3 Å². The fourth-order valence-electron chi connectivity index (χ4n) is 4.45. The molecular formula is C27H30N4O4. The summed E-state index contributed by atoms with van der Waals surface area (Å²) in [5.74, 6) is 3.20. The molecule has 3 aromatic rings. The fraction of sp³-hybridized carbons (Fsp3) is 0.370. The topological polar surface area (TPSA) is 77.0 Å². The summed E-state index contributed by atoms with van der Waals surface area (Å²) in [7, 11) is 1.66. The van der Waals surface area contributed by atoms with Gasteiger partial charge in [0.2, 0.25) is 0 Å². The number of carbonyl (C=O) groups is 1. The summed E-state index contributed by atoms with van der Waals surface area (Å²) >= 11 is 0. The zero-order valence-electron chi connectivity index (χ0n) is 20.0. The second kappa shape index (κ2) is 10.7. The van der Waals surface area contributed by atoms with Crippen LogP contribution in [0, 0.1) is 0 Å². The van der Waals surface area contributed by atoms with Gasteiger partial charge >= 0.3 is 0 Å². The van der Waals surface area contributed by atoms with Crippen molar-refractivity contribution in [3.63, 3.8) is 0 Å². The Kier molecular flexibility index (Phi) is 7.09. The van der Waals surface area contributed by atoms with Gasteiger partial charge in [-0.15, -0.1) is 0 Å². The summed E-state index contributed by atoms with van der Waals surface area (Å²) in [5.41, 5.74) is 3.19. The number of morpholine rings is 1. The Labute approximate surface area is 205 Å². The number of rotatable bonds is 7. The largest absolute Gasteiger partial charge is 0.497 e. The highest BCUT2D eigenvalue weighted by Crippen LogP contribution is 2.28. The van der Waals surface area contributed by atoms with E-state index in [1.165, 1.54) is 0 Å². The number of carbonyl (C=O) groups excluding carboxylic acids is 1. The molecule has 3 heterocycles. The number of hydrogen-bond acceptors (Lipinski definition) is 7. The number of aromatic nitrogens is 2. The van der Waals surface area contributed by atoms with E-state index in [-0.39, 0.29) is 12.5 Å². The van der Waals surface area contributed by atoms with E-state index < -0.39 is 0 Å². The molecule has 0 atom stereocenters. The third kappa shape index (κ3) is 5.54. The molecule has 0 unspecified atom stereocenters. The number of nitrogens with zero attached hydrogens (tertiary/aromatic N) is 4. The molecule has 0 N–H and O–H groups in total. The first-order valence-corrected chi connectivity index (χ1v) is 12.0. The number of ether oxygens (including phenoxy) is 3. The van der Waals surface area contributed by atoms with Gasteiger partial charge in [0.15, 0.2) is 6.61 Å². The minimum absolute atomic E-state index is 0.0165. The highest BCUT2D eigenvalue weighted by Gasteiger charge is 2.28. The van der Waals surface area contributed by atoms with Crippen LogP contribution in [-0.2, 0) is 28.9 Å². The minimum Gasteiger partial charge on any atom is -0.497 e. The van der Waals surface area contributed by atoms with Crippen molar-refractivity contribution in [3.8, 4) is 11.5 Å². The number of anilines is 1. The molecule has 35 heavy (non-hydrogen) atoms. The molecule has 8 nitrogen and oxygen atoms in total. The molecule has 8 heteroatoms. The zero-order chi connectivity index (χ0) is 24.0. The Morgan fingerprint density at radius 1 is 0.971 bits per heavy atom. The first-order valence-electron chi connectivity index (χ1n) is 12.0. The van der Waals surface area contributed by atoms with Crippen LogP contribution in [0.2, 0.25) is 0 Å². The third-order valence-corrected chi connectivity index (χ3v) is 6.37. The van der Waals surface area contributed by atoms with Crippen LogP contribution in [0.3, 0.4) is 0 Å². The normalized spacial score (nSPS) is 15.5. The zero-order valence-corrected chi connectivity index (χ0v) is 20.0. The van der Waals surface area contributed by atoms with Crippen LogP contribution in [0.5, 0.6) is 11.5 Å². The highest BCUT2D eigenvalue weighted by molar-refractivity contribution is 5.78. The minimum atomic E-state index is -0.0326. The van der Waals surface area contributed by atoms with Gasteiger partial charge in [-0.3, -0.25) is 4.79 Å². The van der Waals surface area contributed by atoms with Crippen molar-refractivity contribution in [3.05, 3.63) is 77.2 Å². The van der Waals surface area contributed by atoms with Crippen molar-refractivity contribution < 1.29 is 19.0 Å². The van der Waals surface area contributed by atoms with Crippen molar-refractivity contribution in [1.82, 2.24) is 14.9 Å². The molecule has 182 valence electrons. The van der Waals surface area contributed by atoms with Crippen LogP contribution in [-0.4, -0.2) is 67.3 Å². The second-order valence-corrected chi connectivity index (χ2v) is 8.68. The Bertz CT molecular complexity index is 1150. The first-order chi connectivity index (χ1) is 17.2. The first kappa shape index (κ1) is 23.1. The summed E-state index contributed by atoms with van der Waals surface area (Å²) < 4.78 is 16.5. The average molecular weight is 475 g/mol. The molecule has 0 spiro atoms. The van der Waals surface area contributed by atoms with Gasteiger partial charge in [-0.05, 0) is 29.8 Å². The van der Waals surface area contributed by atoms with Gasteiger partial charge in [0.25, 0.3) is 5.91 Å². The molecule has 2 aromatic carbocycles. The Morgan fingerprint density at radius 3 is 2.49 bits per heavy atom. The maximum absolute atomic E-state index is 12.9. The second-order valence-electron chi connectivity index (χ2n) is 8.68. The number of benzene rings is 2. The highest BCUT2D eigenvalue weighted by atomic mass is 16.5. The van der Waals surface area contributed by atoms with Crippen molar-refractivity contribution in [1.29, 1.82) is 0 Å². The van der Waals surface area contributed by atoms with Gasteiger partial charge in [0.1, 0.15) is 23.1 Å². The SMILES string of the molecule is COc1ccc(Cc2nc3c(c(N4CCOCC4)n2)CN(C(=O)COc2ccccc2)CC3)cc1. The summed E-state index contributed by atoms with van der Waals surface area (Å²) in [6.07, 6.45) is 1.34. The molecule has 0 saturated carbocycles. The summed E-state index contributed by atoms with van der Waals surface area (Å²) in [6, 6.07) is 17.4. The smallest absolute Gasteiger partial charge is 0.260 e. The van der Waals surface area contributed by atoms with Crippen molar-refractivity contribution >= 4 is 11.7 Å². The summed E-state index contributed by atoms with van der Waals surface area (Å²) in [6.45, 7) is 4.00. The summed E-state index contributed by atoms with van der Waals surface area (Å²) in [4.78, 5) is 27.0. The number of amides is 1. The Morgan fingerprint density at radius 2 is 1.74 bits per heavy atom. The van der Waals surface area contributed by atoms with Crippen molar-refractivity contribution in [2.24, 2.45) is 0 Å². The standard InChI is InChI=1S/C27H30N4O4/c1-33-21-9-7-20(8-10-21)17-25-28-24-11-12-31(26(32)19-35-22-5-3-2-4-6-22)18-23(24)27(29-25)30-13-15-34-16-14-30/h2-10H,11-19H2,1H3. The van der Waals surface area contributed by atoms with Gasteiger partial charge < -0.3 is 24.0 Å². The molecule has 2 aliphatic heterocycles. The Balaban J connectivity index is 1.36. The van der Waals surface area contributed by atoms with Crippen LogP contribution in [0.1, 0.15) is 22.6 Å². The van der Waals surface area contributed by atoms with E-state index in [2.05, 4.69) is 4.90 Å². The lowest BCUT2D eigenvalue weighted by Crippen LogP contribution is -2.42. The average Bonchev–Trinajstić information content (AvgIpc) is 2.92. The van der Waals surface area contributed by atoms with Crippen LogP contribution in [0.15, 0.2) is 54.6 Å². The predicted octanol–water partition coefficient (Wildman–Crippen LogP) is 2.88. The van der Waals surface area contributed by atoms with Crippen LogP contribution < -0.4 is 14.4 Å². The van der Waals surface area contributed by atoms with Crippen LogP contribution >= 0.6 is 0 Å². The van der Waals surface area contributed by atoms with E-state index in [4.69, 9.17) is 24.2 Å².